The topological polar surface area (TPSA) is 100 Å². The minimum atomic E-state index is -0.394. The van der Waals surface area contributed by atoms with Gasteiger partial charge >= 0.3 is 0 Å². The third-order valence-corrected chi connectivity index (χ3v) is 6.88. The zero-order valence-electron chi connectivity index (χ0n) is 22.3. The standard InChI is InChI=1S/C30H35N3O5/c1-19(2)20-8-10-21(11-9-20)29(35)32-28-24(6-5-7-25(28)34)30(36)31-13-15-33-14-12-22-16-26(37-3)27(38-4)17-23(22)18-33/h5-11,16-17,19,34H,12-15,18H2,1-4H3,(H,31,36)(H,32,35). The van der Waals surface area contributed by atoms with Gasteiger partial charge in [-0.3, -0.25) is 14.5 Å². The van der Waals surface area contributed by atoms with E-state index in [1.807, 2.05) is 24.3 Å². The number of benzene rings is 3. The molecule has 1 aliphatic rings. The summed E-state index contributed by atoms with van der Waals surface area (Å²) in [4.78, 5) is 28.1. The van der Waals surface area contributed by atoms with Gasteiger partial charge in [-0.2, -0.15) is 0 Å². The molecular formula is C30H35N3O5. The Hall–Kier alpha value is -4.04. The van der Waals surface area contributed by atoms with Gasteiger partial charge in [0, 0.05) is 31.7 Å². The van der Waals surface area contributed by atoms with Crippen LogP contribution in [0.2, 0.25) is 0 Å². The van der Waals surface area contributed by atoms with Crippen LogP contribution in [0.4, 0.5) is 5.69 Å². The number of methoxy groups -OCH3 is 2. The quantitative estimate of drug-likeness (QED) is 0.360. The van der Waals surface area contributed by atoms with Crippen LogP contribution in [0.3, 0.4) is 0 Å². The van der Waals surface area contributed by atoms with Gasteiger partial charge in [-0.1, -0.05) is 32.0 Å². The highest BCUT2D eigenvalue weighted by Crippen LogP contribution is 2.33. The van der Waals surface area contributed by atoms with Crippen LogP contribution in [0, 0.1) is 0 Å². The van der Waals surface area contributed by atoms with Crippen molar-refractivity contribution >= 4 is 17.5 Å². The van der Waals surface area contributed by atoms with E-state index in [4.69, 9.17) is 9.47 Å². The Bertz CT molecular complexity index is 1300. The third kappa shape index (κ3) is 6.08. The zero-order valence-corrected chi connectivity index (χ0v) is 22.3. The lowest BCUT2D eigenvalue weighted by molar-refractivity contribution is 0.0948. The fourth-order valence-electron chi connectivity index (χ4n) is 4.62. The maximum Gasteiger partial charge on any atom is 0.255 e. The van der Waals surface area contributed by atoms with E-state index in [2.05, 4.69) is 29.4 Å². The number of phenols is 1. The van der Waals surface area contributed by atoms with E-state index < -0.39 is 5.91 Å². The monoisotopic (exact) mass is 517 g/mol. The Morgan fingerprint density at radius 3 is 2.32 bits per heavy atom. The van der Waals surface area contributed by atoms with Crippen molar-refractivity contribution in [2.24, 2.45) is 0 Å². The number of carbonyl (C=O) groups is 2. The SMILES string of the molecule is COc1cc2c(cc1OC)CN(CCNC(=O)c1cccc(O)c1NC(=O)c1ccc(C(C)C)cc1)CC2. The van der Waals surface area contributed by atoms with E-state index in [0.29, 0.717) is 30.3 Å². The van der Waals surface area contributed by atoms with Gasteiger partial charge in [-0.05, 0) is 65.4 Å². The number of rotatable bonds is 9. The average Bonchev–Trinajstić information content (AvgIpc) is 2.93. The number of para-hydroxylation sites is 1. The summed E-state index contributed by atoms with van der Waals surface area (Å²) < 4.78 is 10.9. The minimum Gasteiger partial charge on any atom is -0.506 e. The summed E-state index contributed by atoms with van der Waals surface area (Å²) in [6.07, 6.45) is 0.879. The van der Waals surface area contributed by atoms with E-state index in [-0.39, 0.29) is 22.9 Å². The molecule has 200 valence electrons. The molecule has 3 aromatic carbocycles. The molecule has 0 spiro atoms. The summed E-state index contributed by atoms with van der Waals surface area (Å²) in [6, 6.07) is 16.0. The number of fused-ring (bicyclic) bond motifs is 1. The molecule has 0 bridgehead atoms. The van der Waals surface area contributed by atoms with Crippen LogP contribution in [0.25, 0.3) is 0 Å². The predicted molar refractivity (Wildman–Crippen MR) is 147 cm³/mol. The first kappa shape index (κ1) is 27.0. The van der Waals surface area contributed by atoms with Gasteiger partial charge in [0.15, 0.2) is 11.5 Å². The van der Waals surface area contributed by atoms with Crippen LogP contribution in [-0.2, 0) is 13.0 Å². The molecule has 0 saturated heterocycles. The number of nitrogens with one attached hydrogen (secondary N) is 2. The molecule has 4 rings (SSSR count). The summed E-state index contributed by atoms with van der Waals surface area (Å²) in [5.74, 6) is 0.864. The van der Waals surface area contributed by atoms with E-state index in [1.54, 1.807) is 38.5 Å². The molecule has 1 aliphatic heterocycles. The number of nitrogens with zero attached hydrogens (tertiary/aromatic N) is 1. The molecule has 0 unspecified atom stereocenters. The first-order chi connectivity index (χ1) is 18.3. The van der Waals surface area contributed by atoms with Crippen molar-refractivity contribution in [2.45, 2.75) is 32.7 Å². The number of hydrogen-bond acceptors (Lipinski definition) is 6. The fourth-order valence-corrected chi connectivity index (χ4v) is 4.62. The van der Waals surface area contributed by atoms with Gasteiger partial charge in [0.2, 0.25) is 0 Å². The van der Waals surface area contributed by atoms with Gasteiger partial charge in [0.25, 0.3) is 11.8 Å². The molecular weight excluding hydrogens is 482 g/mol. The number of aromatic hydroxyl groups is 1. The van der Waals surface area contributed by atoms with Gasteiger partial charge < -0.3 is 25.2 Å². The van der Waals surface area contributed by atoms with Gasteiger partial charge in [-0.15, -0.1) is 0 Å². The molecule has 0 atom stereocenters. The molecule has 0 saturated carbocycles. The second-order valence-electron chi connectivity index (χ2n) is 9.69. The van der Waals surface area contributed by atoms with E-state index in [0.717, 1.165) is 30.8 Å². The van der Waals surface area contributed by atoms with E-state index >= 15 is 0 Å². The summed E-state index contributed by atoms with van der Waals surface area (Å²) >= 11 is 0. The highest BCUT2D eigenvalue weighted by molar-refractivity contribution is 6.10. The lowest BCUT2D eigenvalue weighted by Gasteiger charge is -2.29. The maximum atomic E-state index is 13.0. The Morgan fingerprint density at radius 2 is 1.66 bits per heavy atom. The van der Waals surface area contributed by atoms with Crippen molar-refractivity contribution in [2.75, 3.05) is 39.2 Å². The second-order valence-corrected chi connectivity index (χ2v) is 9.69. The number of ether oxygens (including phenoxy) is 2. The van der Waals surface area contributed by atoms with Crippen molar-refractivity contribution in [1.29, 1.82) is 0 Å². The van der Waals surface area contributed by atoms with Crippen molar-refractivity contribution in [3.63, 3.8) is 0 Å². The molecule has 3 N–H and O–H groups in total. The molecule has 0 fully saturated rings. The molecule has 8 heteroatoms. The fraction of sp³-hybridized carbons (Fsp3) is 0.333. The molecule has 38 heavy (non-hydrogen) atoms. The normalized spacial score (nSPS) is 13.1. The Morgan fingerprint density at radius 1 is 0.974 bits per heavy atom. The molecule has 1 heterocycles. The molecule has 8 nitrogen and oxygen atoms in total. The zero-order chi connectivity index (χ0) is 27.2. The predicted octanol–water partition coefficient (Wildman–Crippen LogP) is 4.57. The number of hydrogen-bond donors (Lipinski definition) is 3. The molecule has 3 aromatic rings. The van der Waals surface area contributed by atoms with Crippen LogP contribution in [0.1, 0.15) is 57.2 Å². The number of phenolic OH excluding ortho intramolecular Hbond substituents is 1. The van der Waals surface area contributed by atoms with Crippen molar-refractivity contribution in [1.82, 2.24) is 10.2 Å². The molecule has 0 aromatic heterocycles. The largest absolute Gasteiger partial charge is 0.506 e. The summed E-state index contributed by atoms with van der Waals surface area (Å²) in [5.41, 5.74) is 4.29. The number of carbonyl (C=O) groups excluding carboxylic acids is 2. The number of amides is 2. The van der Waals surface area contributed by atoms with E-state index in [9.17, 15) is 14.7 Å². The van der Waals surface area contributed by atoms with E-state index in [1.165, 1.54) is 17.2 Å². The molecule has 0 aliphatic carbocycles. The Balaban J connectivity index is 1.37. The van der Waals surface area contributed by atoms with Crippen LogP contribution in [0.15, 0.2) is 54.6 Å². The second kappa shape index (κ2) is 12.0. The molecule has 2 amide bonds. The van der Waals surface area contributed by atoms with Gasteiger partial charge in [0.05, 0.1) is 25.5 Å². The number of anilines is 1. The molecule has 0 radical (unpaired) electrons. The smallest absolute Gasteiger partial charge is 0.255 e. The van der Waals surface area contributed by atoms with Gasteiger partial charge in [-0.25, -0.2) is 0 Å². The van der Waals surface area contributed by atoms with Crippen molar-refractivity contribution in [3.05, 3.63) is 82.4 Å². The van der Waals surface area contributed by atoms with Gasteiger partial charge in [0.1, 0.15) is 5.75 Å². The third-order valence-electron chi connectivity index (χ3n) is 6.88. The lowest BCUT2D eigenvalue weighted by atomic mass is 9.99. The van der Waals surface area contributed by atoms with Crippen molar-refractivity contribution < 1.29 is 24.2 Å². The summed E-state index contributed by atoms with van der Waals surface area (Å²) in [6.45, 7) is 6.85. The lowest BCUT2D eigenvalue weighted by Crippen LogP contribution is -2.38. The van der Waals surface area contributed by atoms with Crippen LogP contribution in [-0.4, -0.2) is 55.7 Å². The van der Waals surface area contributed by atoms with Crippen LogP contribution >= 0.6 is 0 Å². The Kier molecular flexibility index (Phi) is 8.53. The highest BCUT2D eigenvalue weighted by atomic mass is 16.5. The van der Waals surface area contributed by atoms with Crippen LogP contribution in [0.5, 0.6) is 17.2 Å². The maximum absolute atomic E-state index is 13.0. The average molecular weight is 518 g/mol. The first-order valence-electron chi connectivity index (χ1n) is 12.8. The summed E-state index contributed by atoms with van der Waals surface area (Å²) in [5, 5.41) is 16.1. The first-order valence-corrected chi connectivity index (χ1v) is 12.8. The van der Waals surface area contributed by atoms with Crippen molar-refractivity contribution in [3.8, 4) is 17.2 Å². The highest BCUT2D eigenvalue weighted by Gasteiger charge is 2.21. The minimum absolute atomic E-state index is 0.0934. The van der Waals surface area contributed by atoms with Crippen LogP contribution < -0.4 is 20.1 Å². The summed E-state index contributed by atoms with van der Waals surface area (Å²) in [7, 11) is 3.26. The Labute approximate surface area is 223 Å².